The van der Waals surface area contributed by atoms with Crippen LogP contribution in [-0.2, 0) is 4.43 Å². The summed E-state index contributed by atoms with van der Waals surface area (Å²) in [7, 11) is 0.0115. The Hall–Kier alpha value is -0.433. The number of imidazole rings is 1. The fourth-order valence-electron chi connectivity index (χ4n) is 4.77. The first-order valence-corrected chi connectivity index (χ1v) is 14.3. The molecular weight excluding hydrogens is 436 g/mol. The maximum Gasteiger partial charge on any atom is 0.195 e. The van der Waals surface area contributed by atoms with Gasteiger partial charge in [0.15, 0.2) is 8.32 Å². The Morgan fingerprint density at radius 1 is 1.33 bits per heavy atom. The summed E-state index contributed by atoms with van der Waals surface area (Å²) in [6.45, 7) is 9.55. The third-order valence-electron chi connectivity index (χ3n) is 6.87. The van der Waals surface area contributed by atoms with Crippen molar-refractivity contribution in [2.75, 3.05) is 7.11 Å². The molecule has 0 saturated heterocycles. The molecule has 1 aliphatic carbocycles. The van der Waals surface area contributed by atoms with Crippen LogP contribution in [0, 0.1) is 5.41 Å². The Labute approximate surface area is 177 Å². The molecule has 0 aromatic carbocycles. The van der Waals surface area contributed by atoms with E-state index >= 15 is 0 Å². The summed E-state index contributed by atoms with van der Waals surface area (Å²) in [6, 6.07) is 3.70. The van der Waals surface area contributed by atoms with E-state index in [-0.39, 0.29) is 10.5 Å². The lowest BCUT2D eigenvalue weighted by atomic mass is 9.69. The third-order valence-corrected chi connectivity index (χ3v) is 14.2. The van der Waals surface area contributed by atoms with Crippen molar-refractivity contribution in [3.05, 3.63) is 39.5 Å². The zero-order chi connectivity index (χ0) is 19.7. The van der Waals surface area contributed by atoms with Gasteiger partial charge in [-0.05, 0) is 63.3 Å². The Balaban J connectivity index is 2.12. The monoisotopic (exact) mass is 468 g/mol. The summed E-state index contributed by atoms with van der Waals surface area (Å²) in [4.78, 5) is 5.83. The lowest BCUT2D eigenvalue weighted by molar-refractivity contribution is 0.138. The summed E-state index contributed by atoms with van der Waals surface area (Å²) in [5.74, 6) is 0. The molecule has 2 unspecified atom stereocenters. The quantitative estimate of drug-likeness (QED) is 0.416. The second kappa shape index (κ2) is 8.13. The molecule has 2 aromatic rings. The first-order valence-electron chi connectivity index (χ1n) is 9.98. The number of halogens is 1. The topological polar surface area (TPSA) is 27.1 Å². The zero-order valence-corrected chi connectivity index (χ0v) is 20.7. The highest BCUT2D eigenvalue weighted by Crippen LogP contribution is 2.57. The van der Waals surface area contributed by atoms with E-state index in [1.165, 1.54) is 47.5 Å². The predicted molar refractivity (Wildman–Crippen MR) is 121 cm³/mol. The highest BCUT2D eigenvalue weighted by Gasteiger charge is 2.52. The summed E-state index contributed by atoms with van der Waals surface area (Å²) in [6.07, 6.45) is 12.6. The minimum atomic E-state index is -1.93. The molecule has 2 aromatic heterocycles. The van der Waals surface area contributed by atoms with Gasteiger partial charge in [0.1, 0.15) is 0 Å². The van der Waals surface area contributed by atoms with E-state index in [1.54, 1.807) is 0 Å². The van der Waals surface area contributed by atoms with Crippen molar-refractivity contribution in [2.24, 2.45) is 5.41 Å². The van der Waals surface area contributed by atoms with Gasteiger partial charge in [0.25, 0.3) is 0 Å². The predicted octanol–water partition coefficient (Wildman–Crippen LogP) is 7.27. The van der Waals surface area contributed by atoms with Gasteiger partial charge in [-0.2, -0.15) is 0 Å². The highest BCUT2D eigenvalue weighted by molar-refractivity contribution is 9.10. The number of aromatic nitrogens is 2. The van der Waals surface area contributed by atoms with E-state index in [2.05, 4.69) is 70.4 Å². The molecular formula is C21H33BrN2OSSi. The molecule has 2 heterocycles. The van der Waals surface area contributed by atoms with Gasteiger partial charge >= 0.3 is 0 Å². The van der Waals surface area contributed by atoms with Crippen molar-refractivity contribution in [1.29, 1.82) is 0 Å². The summed E-state index contributed by atoms with van der Waals surface area (Å²) >= 11 is 5.70. The number of rotatable bonds is 6. The minimum absolute atomic E-state index is 0.207. The van der Waals surface area contributed by atoms with E-state index < -0.39 is 8.32 Å². The molecule has 3 nitrogen and oxygen atoms in total. The molecule has 0 amide bonds. The van der Waals surface area contributed by atoms with Crippen molar-refractivity contribution in [1.82, 2.24) is 9.55 Å². The van der Waals surface area contributed by atoms with Gasteiger partial charge in [0, 0.05) is 28.9 Å². The minimum Gasteiger partial charge on any atom is -0.420 e. The highest BCUT2D eigenvalue weighted by atomic mass is 79.9. The van der Waals surface area contributed by atoms with Gasteiger partial charge in [-0.25, -0.2) is 4.98 Å². The first kappa shape index (κ1) is 21.3. The molecule has 0 aliphatic heterocycles. The van der Waals surface area contributed by atoms with Gasteiger partial charge < -0.3 is 8.99 Å². The number of thiophene rings is 1. The normalized spacial score (nSPS) is 21.0. The summed E-state index contributed by atoms with van der Waals surface area (Å²) in [5, 5.41) is 2.41. The largest absolute Gasteiger partial charge is 0.420 e. The van der Waals surface area contributed by atoms with E-state index in [0.29, 0.717) is 6.04 Å². The molecule has 3 rings (SSSR count). The zero-order valence-electron chi connectivity index (χ0n) is 17.3. The van der Waals surface area contributed by atoms with Crippen LogP contribution in [0.2, 0.25) is 17.6 Å². The van der Waals surface area contributed by atoms with Crippen LogP contribution in [0.15, 0.2) is 34.6 Å². The van der Waals surface area contributed by atoms with Gasteiger partial charge in [0.2, 0.25) is 0 Å². The van der Waals surface area contributed by atoms with Crippen LogP contribution in [0.1, 0.15) is 63.8 Å². The third kappa shape index (κ3) is 4.14. The molecule has 27 heavy (non-hydrogen) atoms. The Kier molecular flexibility index (Phi) is 6.41. The molecule has 0 radical (unpaired) electrons. The van der Waals surface area contributed by atoms with E-state index in [1.807, 2.05) is 31.0 Å². The van der Waals surface area contributed by atoms with E-state index in [0.717, 1.165) is 0 Å². The molecule has 0 bridgehead atoms. The maximum atomic E-state index is 6.35. The van der Waals surface area contributed by atoms with Crippen molar-refractivity contribution in [3.63, 3.8) is 0 Å². The van der Waals surface area contributed by atoms with Gasteiger partial charge in [-0.3, -0.25) is 0 Å². The van der Waals surface area contributed by atoms with Crippen molar-refractivity contribution >= 4 is 35.6 Å². The Morgan fingerprint density at radius 2 is 2.04 bits per heavy atom. The molecule has 150 valence electrons. The van der Waals surface area contributed by atoms with Crippen LogP contribution in [0.5, 0.6) is 0 Å². The molecule has 1 aliphatic rings. The van der Waals surface area contributed by atoms with E-state index in [9.17, 15) is 0 Å². The molecule has 6 heteroatoms. The van der Waals surface area contributed by atoms with Crippen LogP contribution in [0.3, 0.4) is 0 Å². The average molecular weight is 470 g/mol. The van der Waals surface area contributed by atoms with Gasteiger partial charge in [-0.15, -0.1) is 11.3 Å². The number of nitrogens with zero attached hydrogens (tertiary/aromatic N) is 2. The fraction of sp³-hybridized carbons (Fsp3) is 0.667. The number of hydrogen-bond donors (Lipinski definition) is 0. The first-order chi connectivity index (χ1) is 12.7. The Morgan fingerprint density at radius 3 is 2.52 bits per heavy atom. The van der Waals surface area contributed by atoms with Crippen LogP contribution in [0.25, 0.3) is 0 Å². The molecule has 2 atom stereocenters. The Bertz CT molecular complexity index is 734. The van der Waals surface area contributed by atoms with Crippen LogP contribution in [0.4, 0.5) is 0 Å². The molecule has 1 saturated carbocycles. The molecule has 0 spiro atoms. The van der Waals surface area contributed by atoms with Crippen molar-refractivity contribution < 1.29 is 4.43 Å². The summed E-state index contributed by atoms with van der Waals surface area (Å²) < 4.78 is 9.94. The second-order valence-electron chi connectivity index (χ2n) is 9.33. The molecule has 1 fully saturated rings. The maximum absolute atomic E-state index is 6.35. The lowest BCUT2D eigenvalue weighted by Crippen LogP contribution is -2.50. The lowest BCUT2D eigenvalue weighted by Gasteiger charge is -2.50. The van der Waals surface area contributed by atoms with Crippen LogP contribution in [-0.4, -0.2) is 25.0 Å². The van der Waals surface area contributed by atoms with Crippen LogP contribution >= 0.6 is 27.3 Å². The fourth-order valence-corrected chi connectivity index (χ4v) is 9.78. The van der Waals surface area contributed by atoms with E-state index in [4.69, 9.17) is 4.43 Å². The second-order valence-corrected chi connectivity index (χ2v) is 15.9. The van der Waals surface area contributed by atoms with Crippen molar-refractivity contribution in [3.8, 4) is 0 Å². The standard InChI is InChI=1S/C21H33BrN2OSSi/c1-20(2,3)27(5,25-4)15-21(10-7-6-8-11-21)19(24-13-12-23-16-24)18-17(22)9-14-26-18/h9,12-14,16,19H,6-8,10-11,15H2,1-5H3. The summed E-state index contributed by atoms with van der Waals surface area (Å²) in [5.41, 5.74) is 0.219. The van der Waals surface area contributed by atoms with Gasteiger partial charge in [0.05, 0.1) is 12.4 Å². The van der Waals surface area contributed by atoms with Crippen LogP contribution < -0.4 is 0 Å². The van der Waals surface area contributed by atoms with Crippen molar-refractivity contribution in [2.45, 2.75) is 76.5 Å². The average Bonchev–Trinajstić information content (AvgIpc) is 3.28. The SMILES string of the molecule is CO[Si](C)(CC1(C(c2sccc2Br)n2ccnc2)CCCCC1)C(C)(C)C. The smallest absolute Gasteiger partial charge is 0.195 e. The molecule has 0 N–H and O–H groups in total. The number of hydrogen-bond acceptors (Lipinski definition) is 3. The van der Waals surface area contributed by atoms with Gasteiger partial charge in [-0.1, -0.05) is 40.0 Å².